The summed E-state index contributed by atoms with van der Waals surface area (Å²) in [6.45, 7) is 1.73. The lowest BCUT2D eigenvalue weighted by Crippen LogP contribution is -2.26. The van der Waals surface area contributed by atoms with Crippen LogP contribution in [0.2, 0.25) is 0 Å². The SMILES string of the molecule is OCC1CCCC1CNCc1ccccc1F. The molecule has 0 amide bonds. The van der Waals surface area contributed by atoms with Gasteiger partial charge in [0.05, 0.1) is 0 Å². The van der Waals surface area contributed by atoms with E-state index in [1.54, 1.807) is 12.1 Å². The monoisotopic (exact) mass is 237 g/mol. The molecule has 1 aliphatic rings. The lowest BCUT2D eigenvalue weighted by Gasteiger charge is -2.17. The van der Waals surface area contributed by atoms with Crippen LogP contribution in [0.1, 0.15) is 24.8 Å². The number of hydrogen-bond donors (Lipinski definition) is 2. The number of benzene rings is 1. The number of rotatable bonds is 5. The van der Waals surface area contributed by atoms with Gasteiger partial charge in [-0.1, -0.05) is 24.6 Å². The number of nitrogens with one attached hydrogen (secondary N) is 1. The molecule has 0 aromatic heterocycles. The normalized spacial score (nSPS) is 24.1. The number of halogens is 1. The zero-order valence-electron chi connectivity index (χ0n) is 10.0. The smallest absolute Gasteiger partial charge is 0.127 e. The van der Waals surface area contributed by atoms with Gasteiger partial charge in [-0.15, -0.1) is 0 Å². The van der Waals surface area contributed by atoms with Crippen molar-refractivity contribution in [1.29, 1.82) is 0 Å². The molecule has 17 heavy (non-hydrogen) atoms. The first kappa shape index (κ1) is 12.5. The molecule has 3 heteroatoms. The number of hydrogen-bond acceptors (Lipinski definition) is 2. The van der Waals surface area contributed by atoms with Gasteiger partial charge in [0.25, 0.3) is 0 Å². The second-order valence-corrected chi connectivity index (χ2v) is 4.86. The van der Waals surface area contributed by atoms with Gasteiger partial charge in [0, 0.05) is 18.7 Å². The molecule has 0 radical (unpaired) electrons. The Morgan fingerprint density at radius 2 is 2.00 bits per heavy atom. The van der Waals surface area contributed by atoms with Crippen molar-refractivity contribution >= 4 is 0 Å². The van der Waals surface area contributed by atoms with Crippen LogP contribution in [0, 0.1) is 17.7 Å². The van der Waals surface area contributed by atoms with Crippen LogP contribution in [0.5, 0.6) is 0 Å². The van der Waals surface area contributed by atoms with E-state index in [2.05, 4.69) is 5.32 Å². The van der Waals surface area contributed by atoms with Gasteiger partial charge in [0.2, 0.25) is 0 Å². The predicted molar refractivity (Wildman–Crippen MR) is 66.0 cm³/mol. The molecule has 0 bridgehead atoms. The van der Waals surface area contributed by atoms with E-state index in [1.807, 2.05) is 6.07 Å². The second kappa shape index (κ2) is 6.12. The maximum Gasteiger partial charge on any atom is 0.127 e. The van der Waals surface area contributed by atoms with Crippen molar-refractivity contribution in [1.82, 2.24) is 5.32 Å². The minimum atomic E-state index is -0.148. The third-order valence-corrected chi connectivity index (χ3v) is 3.73. The molecule has 1 saturated carbocycles. The van der Waals surface area contributed by atoms with Crippen LogP contribution in [0.4, 0.5) is 4.39 Å². The van der Waals surface area contributed by atoms with E-state index in [-0.39, 0.29) is 12.4 Å². The third-order valence-electron chi connectivity index (χ3n) is 3.73. The Kier molecular flexibility index (Phi) is 4.51. The molecule has 0 spiro atoms. The van der Waals surface area contributed by atoms with Crippen LogP contribution in [0.3, 0.4) is 0 Å². The van der Waals surface area contributed by atoms with E-state index in [0.29, 0.717) is 23.9 Å². The lowest BCUT2D eigenvalue weighted by atomic mass is 9.97. The third kappa shape index (κ3) is 3.27. The molecule has 1 aromatic rings. The van der Waals surface area contributed by atoms with Crippen LogP contribution in [0.25, 0.3) is 0 Å². The summed E-state index contributed by atoms with van der Waals surface area (Å²) >= 11 is 0. The first-order valence-electron chi connectivity index (χ1n) is 6.36. The van der Waals surface area contributed by atoms with Crippen LogP contribution in [-0.4, -0.2) is 18.3 Å². The highest BCUT2D eigenvalue weighted by molar-refractivity contribution is 5.16. The summed E-state index contributed by atoms with van der Waals surface area (Å²) in [6, 6.07) is 6.85. The van der Waals surface area contributed by atoms with Crippen molar-refractivity contribution in [2.24, 2.45) is 11.8 Å². The van der Waals surface area contributed by atoms with Gasteiger partial charge < -0.3 is 10.4 Å². The average molecular weight is 237 g/mol. The highest BCUT2D eigenvalue weighted by atomic mass is 19.1. The summed E-state index contributed by atoms with van der Waals surface area (Å²) in [6.07, 6.45) is 3.51. The Labute approximate surface area is 102 Å². The molecule has 2 atom stereocenters. The van der Waals surface area contributed by atoms with Crippen LogP contribution in [-0.2, 0) is 6.54 Å². The van der Waals surface area contributed by atoms with Gasteiger partial charge in [-0.3, -0.25) is 0 Å². The number of aliphatic hydroxyl groups excluding tert-OH is 1. The minimum Gasteiger partial charge on any atom is -0.396 e. The first-order chi connectivity index (χ1) is 8.31. The highest BCUT2D eigenvalue weighted by Crippen LogP contribution is 2.30. The molecule has 1 aliphatic carbocycles. The summed E-state index contributed by atoms with van der Waals surface area (Å²) in [5.74, 6) is 0.833. The quantitative estimate of drug-likeness (QED) is 0.823. The summed E-state index contributed by atoms with van der Waals surface area (Å²) in [4.78, 5) is 0. The molecular formula is C14H20FNO. The fourth-order valence-electron chi connectivity index (χ4n) is 2.66. The van der Waals surface area contributed by atoms with E-state index in [1.165, 1.54) is 18.9 Å². The van der Waals surface area contributed by atoms with E-state index >= 15 is 0 Å². The zero-order chi connectivity index (χ0) is 12.1. The molecule has 0 aliphatic heterocycles. The van der Waals surface area contributed by atoms with E-state index in [9.17, 15) is 9.50 Å². The average Bonchev–Trinajstić information content (AvgIpc) is 2.79. The standard InChI is InChI=1S/C14H20FNO/c15-14-7-2-1-4-12(14)9-16-8-11-5-3-6-13(11)10-17/h1-2,4,7,11,13,16-17H,3,5-6,8-10H2. The molecule has 0 heterocycles. The van der Waals surface area contributed by atoms with Crippen LogP contribution >= 0.6 is 0 Å². The van der Waals surface area contributed by atoms with Gasteiger partial charge in [-0.05, 0) is 37.3 Å². The first-order valence-corrected chi connectivity index (χ1v) is 6.36. The maximum atomic E-state index is 13.4. The van der Waals surface area contributed by atoms with Crippen molar-refractivity contribution in [3.8, 4) is 0 Å². The van der Waals surface area contributed by atoms with Crippen molar-refractivity contribution in [2.75, 3.05) is 13.2 Å². The predicted octanol–water partition coefficient (Wildman–Crippen LogP) is 2.32. The summed E-state index contributed by atoms with van der Waals surface area (Å²) in [5, 5.41) is 12.5. The molecule has 2 N–H and O–H groups in total. The minimum absolute atomic E-state index is 0.148. The second-order valence-electron chi connectivity index (χ2n) is 4.86. The molecule has 94 valence electrons. The Balaban J connectivity index is 1.78. The van der Waals surface area contributed by atoms with Crippen molar-refractivity contribution in [3.63, 3.8) is 0 Å². The molecule has 1 aromatic carbocycles. The summed E-state index contributed by atoms with van der Waals surface area (Å²) in [5.41, 5.74) is 0.714. The molecule has 2 unspecified atom stereocenters. The molecule has 0 saturated heterocycles. The van der Waals surface area contributed by atoms with Crippen molar-refractivity contribution in [3.05, 3.63) is 35.6 Å². The van der Waals surface area contributed by atoms with E-state index in [4.69, 9.17) is 0 Å². The van der Waals surface area contributed by atoms with Crippen LogP contribution in [0.15, 0.2) is 24.3 Å². The van der Waals surface area contributed by atoms with Gasteiger partial charge in [0.1, 0.15) is 5.82 Å². The summed E-state index contributed by atoms with van der Waals surface area (Å²) < 4.78 is 13.4. The zero-order valence-corrected chi connectivity index (χ0v) is 10.0. The molecule has 2 nitrogen and oxygen atoms in total. The highest BCUT2D eigenvalue weighted by Gasteiger charge is 2.25. The lowest BCUT2D eigenvalue weighted by molar-refractivity contribution is 0.192. The Bertz CT molecular complexity index is 356. The van der Waals surface area contributed by atoms with E-state index < -0.39 is 0 Å². The van der Waals surface area contributed by atoms with E-state index in [0.717, 1.165) is 13.0 Å². The van der Waals surface area contributed by atoms with Gasteiger partial charge >= 0.3 is 0 Å². The van der Waals surface area contributed by atoms with Gasteiger partial charge in [0.15, 0.2) is 0 Å². The number of aliphatic hydroxyl groups is 1. The summed E-state index contributed by atoms with van der Waals surface area (Å²) in [7, 11) is 0. The molecular weight excluding hydrogens is 217 g/mol. The Morgan fingerprint density at radius 3 is 2.76 bits per heavy atom. The fraction of sp³-hybridized carbons (Fsp3) is 0.571. The Hall–Kier alpha value is -0.930. The largest absolute Gasteiger partial charge is 0.396 e. The van der Waals surface area contributed by atoms with Crippen molar-refractivity contribution < 1.29 is 9.50 Å². The van der Waals surface area contributed by atoms with Crippen LogP contribution < -0.4 is 5.32 Å². The van der Waals surface area contributed by atoms with Gasteiger partial charge in [-0.2, -0.15) is 0 Å². The maximum absolute atomic E-state index is 13.4. The fourth-order valence-corrected chi connectivity index (χ4v) is 2.66. The Morgan fingerprint density at radius 1 is 1.24 bits per heavy atom. The molecule has 1 fully saturated rings. The molecule has 2 rings (SSSR count). The van der Waals surface area contributed by atoms with Gasteiger partial charge in [-0.25, -0.2) is 4.39 Å². The topological polar surface area (TPSA) is 32.3 Å². The van der Waals surface area contributed by atoms with Crippen molar-refractivity contribution in [2.45, 2.75) is 25.8 Å².